The Kier molecular flexibility index (Phi) is 6.64. The van der Waals surface area contributed by atoms with Crippen LogP contribution in [-0.2, 0) is 17.1 Å². The first-order valence-electron chi connectivity index (χ1n) is 11.8. The second-order valence-electron chi connectivity index (χ2n) is 9.54. The Balaban J connectivity index is 1.16. The molecule has 37 heavy (non-hydrogen) atoms. The van der Waals surface area contributed by atoms with Crippen molar-refractivity contribution < 1.29 is 31.1 Å². The quantitative estimate of drug-likeness (QED) is 0.487. The number of carbonyl (C=O) groups is 1. The van der Waals surface area contributed by atoms with E-state index in [9.17, 15) is 31.1 Å². The van der Waals surface area contributed by atoms with Crippen molar-refractivity contribution in [1.82, 2.24) is 14.8 Å². The molecule has 2 fully saturated rings. The number of rotatable bonds is 4. The average molecular weight is 545 g/mol. The summed E-state index contributed by atoms with van der Waals surface area (Å²) in [6.45, 7) is 2.12. The maximum Gasteiger partial charge on any atom is 0.417 e. The van der Waals surface area contributed by atoms with Crippen LogP contribution in [0.25, 0.3) is 5.57 Å². The van der Waals surface area contributed by atoms with Crippen LogP contribution in [0.15, 0.2) is 42.6 Å². The third kappa shape index (κ3) is 5.29. The maximum absolute atomic E-state index is 13.2. The zero-order valence-electron chi connectivity index (χ0n) is 19.5. The second kappa shape index (κ2) is 9.50. The molecule has 2 unspecified atom stereocenters. The number of pyridine rings is 1. The van der Waals surface area contributed by atoms with Gasteiger partial charge >= 0.3 is 12.4 Å². The number of benzene rings is 1. The number of halogens is 7. The van der Waals surface area contributed by atoms with E-state index >= 15 is 0 Å². The lowest BCUT2D eigenvalue weighted by Crippen LogP contribution is -2.50. The topological polar surface area (TPSA) is 39.7 Å². The third-order valence-electron chi connectivity index (χ3n) is 7.27. The molecule has 198 valence electrons. The highest BCUT2D eigenvalue weighted by atomic mass is 35.5. The zero-order chi connectivity index (χ0) is 26.5. The van der Waals surface area contributed by atoms with Gasteiger partial charge in [-0.2, -0.15) is 26.3 Å². The number of anilines is 1. The maximum atomic E-state index is 13.2. The summed E-state index contributed by atoms with van der Waals surface area (Å²) >= 11 is 5.71. The molecule has 5 rings (SSSR count). The van der Waals surface area contributed by atoms with E-state index in [0.717, 1.165) is 30.3 Å². The number of nitrogens with zero attached hydrogens (tertiary/aromatic N) is 4. The van der Waals surface area contributed by atoms with Crippen LogP contribution < -0.4 is 4.90 Å². The number of aromatic nitrogens is 1. The minimum atomic E-state index is -4.54. The van der Waals surface area contributed by atoms with Crippen molar-refractivity contribution in [1.29, 1.82) is 0 Å². The van der Waals surface area contributed by atoms with Crippen LogP contribution in [0.5, 0.6) is 0 Å². The van der Waals surface area contributed by atoms with Crippen molar-refractivity contribution in [3.05, 3.63) is 64.3 Å². The predicted octanol–water partition coefficient (Wildman–Crippen LogP) is 5.35. The van der Waals surface area contributed by atoms with Crippen molar-refractivity contribution in [2.24, 2.45) is 0 Å². The number of alkyl halides is 6. The van der Waals surface area contributed by atoms with E-state index in [4.69, 9.17) is 11.6 Å². The first-order valence-corrected chi connectivity index (χ1v) is 12.2. The standard InChI is InChI=1S/C25H23ClF6N4O/c26-21-3-1-16(9-20(21)25(30,31)32)15-5-7-34(8-6-15)23(37)14-35-12-19-10-18(35)13-36(19)22-4-2-17(11-33-22)24(27,28)29/h1-5,9,11,18-19H,6-8,10,12-14H2. The van der Waals surface area contributed by atoms with Crippen molar-refractivity contribution in [3.8, 4) is 0 Å². The molecular weight excluding hydrogens is 522 g/mol. The van der Waals surface area contributed by atoms with Crippen LogP contribution in [0.2, 0.25) is 5.02 Å². The Morgan fingerprint density at radius 2 is 1.81 bits per heavy atom. The summed E-state index contributed by atoms with van der Waals surface area (Å²) in [4.78, 5) is 22.7. The summed E-state index contributed by atoms with van der Waals surface area (Å²) in [6.07, 6.45) is -5.12. The number of hydrogen-bond donors (Lipinski definition) is 0. The molecule has 2 atom stereocenters. The van der Waals surface area contributed by atoms with Crippen LogP contribution in [0.1, 0.15) is 29.5 Å². The molecule has 4 heterocycles. The van der Waals surface area contributed by atoms with Gasteiger partial charge in [0.1, 0.15) is 5.82 Å². The van der Waals surface area contributed by atoms with Gasteiger partial charge in [-0.15, -0.1) is 0 Å². The summed E-state index contributed by atoms with van der Waals surface area (Å²) in [6, 6.07) is 6.43. The van der Waals surface area contributed by atoms with Gasteiger partial charge in [0.05, 0.1) is 22.7 Å². The number of piperazine rings is 1. The average Bonchev–Trinajstić information content (AvgIpc) is 3.44. The van der Waals surface area contributed by atoms with Gasteiger partial charge in [0.25, 0.3) is 0 Å². The molecule has 0 aliphatic carbocycles. The monoisotopic (exact) mass is 544 g/mol. The smallest absolute Gasteiger partial charge is 0.351 e. The van der Waals surface area contributed by atoms with Crippen LogP contribution in [0, 0.1) is 0 Å². The molecule has 3 aliphatic rings. The van der Waals surface area contributed by atoms with Gasteiger partial charge in [-0.05, 0) is 48.2 Å². The lowest BCUT2D eigenvalue weighted by Gasteiger charge is -2.36. The summed E-state index contributed by atoms with van der Waals surface area (Å²) in [7, 11) is 0. The number of amides is 1. The Morgan fingerprint density at radius 3 is 2.38 bits per heavy atom. The fraction of sp³-hybridized carbons (Fsp3) is 0.440. The summed E-state index contributed by atoms with van der Waals surface area (Å²) in [5.74, 6) is 0.435. The molecule has 3 aliphatic heterocycles. The third-order valence-corrected chi connectivity index (χ3v) is 7.60. The van der Waals surface area contributed by atoms with Gasteiger partial charge in [0.15, 0.2) is 0 Å². The molecule has 0 spiro atoms. The highest BCUT2D eigenvalue weighted by Crippen LogP contribution is 2.38. The van der Waals surface area contributed by atoms with Gasteiger partial charge in [-0.3, -0.25) is 9.69 Å². The summed E-state index contributed by atoms with van der Waals surface area (Å²) in [5.41, 5.74) is -0.483. The van der Waals surface area contributed by atoms with Crippen LogP contribution in [-0.4, -0.2) is 65.5 Å². The first kappa shape index (κ1) is 25.8. The number of carbonyl (C=O) groups excluding carboxylic acids is 1. The van der Waals surface area contributed by atoms with Crippen molar-refractivity contribution in [2.45, 2.75) is 37.3 Å². The molecule has 1 aromatic heterocycles. The van der Waals surface area contributed by atoms with Crippen molar-refractivity contribution in [3.63, 3.8) is 0 Å². The number of hydrogen-bond acceptors (Lipinski definition) is 4. The van der Waals surface area contributed by atoms with Gasteiger partial charge in [-0.1, -0.05) is 23.7 Å². The fourth-order valence-corrected chi connectivity index (χ4v) is 5.55. The normalized spacial score (nSPS) is 22.5. The molecule has 2 aromatic rings. The first-order chi connectivity index (χ1) is 17.4. The Hall–Kier alpha value is -2.79. The molecule has 12 heteroatoms. The van der Waals surface area contributed by atoms with E-state index in [2.05, 4.69) is 9.88 Å². The van der Waals surface area contributed by atoms with E-state index in [1.807, 2.05) is 4.90 Å². The molecule has 0 N–H and O–H groups in total. The van der Waals surface area contributed by atoms with E-state index in [1.54, 1.807) is 17.0 Å². The molecule has 1 aromatic carbocycles. The van der Waals surface area contributed by atoms with E-state index < -0.39 is 23.5 Å². The molecular formula is C25H23ClF6N4O. The van der Waals surface area contributed by atoms with Crippen LogP contribution in [0.3, 0.4) is 0 Å². The highest BCUT2D eigenvalue weighted by molar-refractivity contribution is 6.31. The van der Waals surface area contributed by atoms with Gasteiger partial charge in [0.2, 0.25) is 5.91 Å². The van der Waals surface area contributed by atoms with E-state index in [0.29, 0.717) is 44.0 Å². The molecule has 0 radical (unpaired) electrons. The van der Waals surface area contributed by atoms with E-state index in [1.165, 1.54) is 12.1 Å². The number of likely N-dealkylation sites (tertiary alicyclic amines) is 1. The van der Waals surface area contributed by atoms with Crippen LogP contribution in [0.4, 0.5) is 32.2 Å². The molecule has 2 bridgehead atoms. The van der Waals surface area contributed by atoms with Gasteiger partial charge < -0.3 is 9.80 Å². The van der Waals surface area contributed by atoms with Gasteiger partial charge in [-0.25, -0.2) is 4.98 Å². The minimum absolute atomic E-state index is 0.0610. The van der Waals surface area contributed by atoms with Crippen molar-refractivity contribution in [2.75, 3.05) is 37.6 Å². The molecule has 2 saturated heterocycles. The minimum Gasteiger partial charge on any atom is -0.351 e. The Labute approximate surface area is 214 Å². The predicted molar refractivity (Wildman–Crippen MR) is 126 cm³/mol. The fourth-order valence-electron chi connectivity index (χ4n) is 5.32. The lowest BCUT2D eigenvalue weighted by atomic mass is 9.97. The SMILES string of the molecule is O=C(CN1CC2CC1CN2c1ccc(C(F)(F)F)cn1)N1CC=C(c2ccc(Cl)c(C(F)(F)F)c2)CC1. The van der Waals surface area contributed by atoms with E-state index in [-0.39, 0.29) is 29.6 Å². The summed E-state index contributed by atoms with van der Waals surface area (Å²) in [5, 5.41) is -0.350. The second-order valence-corrected chi connectivity index (χ2v) is 9.95. The largest absolute Gasteiger partial charge is 0.417 e. The van der Waals surface area contributed by atoms with Crippen LogP contribution >= 0.6 is 11.6 Å². The molecule has 0 saturated carbocycles. The van der Waals surface area contributed by atoms with Gasteiger partial charge in [0, 0.05) is 44.5 Å². The zero-order valence-corrected chi connectivity index (χ0v) is 20.2. The lowest BCUT2D eigenvalue weighted by molar-refractivity contribution is -0.138. The molecule has 1 amide bonds. The Bertz CT molecular complexity index is 1210. The molecule has 5 nitrogen and oxygen atoms in total. The summed E-state index contributed by atoms with van der Waals surface area (Å²) < 4.78 is 78.0. The Morgan fingerprint density at radius 1 is 1.03 bits per heavy atom. The number of fused-ring (bicyclic) bond motifs is 2. The highest BCUT2D eigenvalue weighted by Gasteiger charge is 2.44. The van der Waals surface area contributed by atoms with Crippen molar-refractivity contribution >= 4 is 28.9 Å².